The van der Waals surface area contributed by atoms with E-state index in [-0.39, 0.29) is 5.91 Å². The summed E-state index contributed by atoms with van der Waals surface area (Å²) in [7, 11) is 0. The van der Waals surface area contributed by atoms with Gasteiger partial charge in [-0.15, -0.1) is 0 Å². The molecule has 2 rings (SSSR count). The maximum absolute atomic E-state index is 11.4. The van der Waals surface area contributed by atoms with Gasteiger partial charge in [0, 0.05) is 19.2 Å². The van der Waals surface area contributed by atoms with E-state index in [0.717, 1.165) is 25.1 Å². The highest BCUT2D eigenvalue weighted by Gasteiger charge is 2.19. The molecular formula is C14H21NO. The lowest BCUT2D eigenvalue weighted by Gasteiger charge is -2.28. The molecule has 1 aliphatic heterocycles. The third-order valence-electron chi connectivity index (χ3n) is 2.73. The maximum Gasteiger partial charge on any atom is 0.223 e. The van der Waals surface area contributed by atoms with Gasteiger partial charge in [0.15, 0.2) is 0 Å². The second-order valence-corrected chi connectivity index (χ2v) is 3.91. The molecule has 0 radical (unpaired) electrons. The Hall–Kier alpha value is -1.31. The zero-order valence-corrected chi connectivity index (χ0v) is 10.7. The van der Waals surface area contributed by atoms with Gasteiger partial charge in [-0.1, -0.05) is 31.5 Å². The number of anilines is 1. The molecule has 0 fully saturated rings. The molecule has 0 spiro atoms. The lowest BCUT2D eigenvalue weighted by atomic mass is 10.00. The Bertz CT molecular complexity index is 371. The van der Waals surface area contributed by atoms with Gasteiger partial charge in [0.1, 0.15) is 0 Å². The third-order valence-corrected chi connectivity index (χ3v) is 2.73. The van der Waals surface area contributed by atoms with Crippen LogP contribution < -0.4 is 4.90 Å². The fraction of sp³-hybridized carbons (Fsp3) is 0.500. The summed E-state index contributed by atoms with van der Waals surface area (Å²) in [6.45, 7) is 8.59. The van der Waals surface area contributed by atoms with Crippen molar-refractivity contribution in [3.63, 3.8) is 0 Å². The van der Waals surface area contributed by atoms with E-state index in [0.29, 0.717) is 0 Å². The molecule has 2 nitrogen and oxygen atoms in total. The minimum absolute atomic E-state index is 0.148. The summed E-state index contributed by atoms with van der Waals surface area (Å²) in [5.74, 6) is 0.148. The first-order chi connectivity index (χ1) is 7.68. The zero-order valence-electron chi connectivity index (χ0n) is 10.7. The monoisotopic (exact) mass is 219 g/mol. The summed E-state index contributed by atoms with van der Waals surface area (Å²) in [6, 6.07) is 6.32. The number of rotatable bonds is 0. The molecule has 1 amide bonds. The van der Waals surface area contributed by atoms with Crippen LogP contribution in [-0.2, 0) is 11.2 Å². The van der Waals surface area contributed by atoms with Gasteiger partial charge in [-0.05, 0) is 31.4 Å². The lowest BCUT2D eigenvalue weighted by molar-refractivity contribution is -0.116. The molecule has 0 unspecified atom stereocenters. The van der Waals surface area contributed by atoms with Crippen LogP contribution in [0.1, 0.15) is 38.3 Å². The summed E-state index contributed by atoms with van der Waals surface area (Å²) >= 11 is 0. The van der Waals surface area contributed by atoms with Crippen LogP contribution in [0, 0.1) is 6.92 Å². The number of hydrogen-bond donors (Lipinski definition) is 0. The molecule has 1 heterocycles. The molecule has 0 aromatic heterocycles. The van der Waals surface area contributed by atoms with E-state index in [1.165, 1.54) is 11.1 Å². The largest absolute Gasteiger partial charge is 0.312 e. The number of nitrogens with zero attached hydrogens (tertiary/aromatic N) is 1. The lowest BCUT2D eigenvalue weighted by Crippen LogP contribution is -2.33. The van der Waals surface area contributed by atoms with E-state index in [4.69, 9.17) is 0 Å². The second kappa shape index (κ2) is 5.69. The Morgan fingerprint density at radius 3 is 2.62 bits per heavy atom. The Labute approximate surface area is 98.3 Å². The fourth-order valence-electron chi connectivity index (χ4n) is 2.05. The molecule has 1 aromatic rings. The minimum Gasteiger partial charge on any atom is -0.312 e. The molecule has 1 aromatic carbocycles. The molecule has 2 heteroatoms. The van der Waals surface area contributed by atoms with Gasteiger partial charge < -0.3 is 4.90 Å². The van der Waals surface area contributed by atoms with Crippen LogP contribution in [0.25, 0.3) is 0 Å². The van der Waals surface area contributed by atoms with Crippen LogP contribution in [0.4, 0.5) is 5.69 Å². The first-order valence-electron chi connectivity index (χ1n) is 6.06. The van der Waals surface area contributed by atoms with Crippen LogP contribution in [0.3, 0.4) is 0 Å². The van der Waals surface area contributed by atoms with Gasteiger partial charge in [0.2, 0.25) is 5.91 Å². The van der Waals surface area contributed by atoms with Crippen LogP contribution in [0.5, 0.6) is 0 Å². The standard InChI is InChI=1S/C12H15NO.C2H6/c1-9-5-6-12-11(8-9)4-3-7-13(12)10(2)14;1-2/h5-6,8H,3-4,7H2,1-2H3;1-2H3. The first kappa shape index (κ1) is 12.8. The number of benzene rings is 1. The average Bonchev–Trinajstić information content (AvgIpc) is 2.30. The summed E-state index contributed by atoms with van der Waals surface area (Å²) in [4.78, 5) is 13.2. The number of fused-ring (bicyclic) bond motifs is 1. The number of aryl methyl sites for hydroxylation is 2. The van der Waals surface area contributed by atoms with Crippen molar-refractivity contribution in [2.75, 3.05) is 11.4 Å². The molecule has 16 heavy (non-hydrogen) atoms. The second-order valence-electron chi connectivity index (χ2n) is 3.91. The highest BCUT2D eigenvalue weighted by atomic mass is 16.2. The molecule has 0 saturated carbocycles. The summed E-state index contributed by atoms with van der Waals surface area (Å²) in [6.07, 6.45) is 2.18. The predicted octanol–water partition coefficient (Wildman–Crippen LogP) is 3.32. The highest BCUT2D eigenvalue weighted by Crippen LogP contribution is 2.27. The van der Waals surface area contributed by atoms with Crippen molar-refractivity contribution >= 4 is 11.6 Å². The van der Waals surface area contributed by atoms with Crippen molar-refractivity contribution in [1.29, 1.82) is 0 Å². The van der Waals surface area contributed by atoms with E-state index >= 15 is 0 Å². The van der Waals surface area contributed by atoms with Crippen molar-refractivity contribution in [3.8, 4) is 0 Å². The van der Waals surface area contributed by atoms with Gasteiger partial charge in [-0.3, -0.25) is 4.79 Å². The quantitative estimate of drug-likeness (QED) is 0.655. The Morgan fingerprint density at radius 2 is 2.00 bits per heavy atom. The smallest absolute Gasteiger partial charge is 0.223 e. The average molecular weight is 219 g/mol. The van der Waals surface area contributed by atoms with E-state index in [2.05, 4.69) is 25.1 Å². The Balaban J connectivity index is 0.000000606. The fourth-order valence-corrected chi connectivity index (χ4v) is 2.05. The van der Waals surface area contributed by atoms with Crippen LogP contribution in [0.2, 0.25) is 0 Å². The van der Waals surface area contributed by atoms with Gasteiger partial charge in [-0.25, -0.2) is 0 Å². The van der Waals surface area contributed by atoms with Crippen molar-refractivity contribution in [2.45, 2.75) is 40.5 Å². The molecule has 0 N–H and O–H groups in total. The molecule has 0 atom stereocenters. The van der Waals surface area contributed by atoms with Crippen molar-refractivity contribution < 1.29 is 4.79 Å². The van der Waals surface area contributed by atoms with Crippen LogP contribution in [-0.4, -0.2) is 12.5 Å². The normalized spacial score (nSPS) is 13.6. The molecular weight excluding hydrogens is 198 g/mol. The van der Waals surface area contributed by atoms with Crippen LogP contribution in [0.15, 0.2) is 18.2 Å². The number of amides is 1. The number of carbonyl (C=O) groups is 1. The van der Waals surface area contributed by atoms with Gasteiger partial charge in [0.25, 0.3) is 0 Å². The topological polar surface area (TPSA) is 20.3 Å². The van der Waals surface area contributed by atoms with Gasteiger partial charge >= 0.3 is 0 Å². The third kappa shape index (κ3) is 2.63. The Kier molecular flexibility index (Phi) is 4.53. The molecule has 0 bridgehead atoms. The maximum atomic E-state index is 11.4. The summed E-state index contributed by atoms with van der Waals surface area (Å²) < 4.78 is 0. The van der Waals surface area contributed by atoms with E-state index < -0.39 is 0 Å². The van der Waals surface area contributed by atoms with Gasteiger partial charge in [0.05, 0.1) is 0 Å². The van der Waals surface area contributed by atoms with Crippen molar-refractivity contribution in [3.05, 3.63) is 29.3 Å². The summed E-state index contributed by atoms with van der Waals surface area (Å²) in [5, 5.41) is 0. The zero-order chi connectivity index (χ0) is 12.1. The highest BCUT2D eigenvalue weighted by molar-refractivity contribution is 5.92. The van der Waals surface area contributed by atoms with E-state index in [9.17, 15) is 4.79 Å². The van der Waals surface area contributed by atoms with Crippen molar-refractivity contribution in [2.24, 2.45) is 0 Å². The summed E-state index contributed by atoms with van der Waals surface area (Å²) in [5.41, 5.74) is 3.69. The Morgan fingerprint density at radius 1 is 1.31 bits per heavy atom. The van der Waals surface area contributed by atoms with Crippen molar-refractivity contribution in [1.82, 2.24) is 0 Å². The number of carbonyl (C=O) groups excluding carboxylic acids is 1. The van der Waals surface area contributed by atoms with E-state index in [1.54, 1.807) is 6.92 Å². The predicted molar refractivity (Wildman–Crippen MR) is 68.9 cm³/mol. The minimum atomic E-state index is 0.148. The number of hydrogen-bond acceptors (Lipinski definition) is 1. The molecule has 1 aliphatic rings. The van der Waals surface area contributed by atoms with E-state index in [1.807, 2.05) is 18.7 Å². The van der Waals surface area contributed by atoms with Crippen LogP contribution >= 0.6 is 0 Å². The molecule has 0 saturated heterocycles. The SMILES string of the molecule is CC.CC(=O)N1CCCc2cc(C)ccc21. The molecule has 0 aliphatic carbocycles. The molecule has 88 valence electrons. The van der Waals surface area contributed by atoms with Gasteiger partial charge in [-0.2, -0.15) is 0 Å². The first-order valence-corrected chi connectivity index (χ1v) is 6.06.